The Hall–Kier alpha value is -3.21. The zero-order valence-electron chi connectivity index (χ0n) is 35.8. The Morgan fingerprint density at radius 3 is 2.19 bits per heavy atom. The number of esters is 1. The number of carbonyl (C=O) groups is 1. The van der Waals surface area contributed by atoms with Crippen LogP contribution in [-0.4, -0.2) is 38.9 Å². The average Bonchev–Trinajstić information content (AvgIpc) is 3.20. The van der Waals surface area contributed by atoms with Gasteiger partial charge in [-0.3, -0.25) is 4.79 Å². The van der Waals surface area contributed by atoms with Gasteiger partial charge >= 0.3 is 5.97 Å². The summed E-state index contributed by atoms with van der Waals surface area (Å²) < 4.78 is 9.11. The molecule has 7 heteroatoms. The molecule has 2 N–H and O–H groups in total. The highest BCUT2D eigenvalue weighted by Crippen LogP contribution is 2.47. The van der Waals surface area contributed by atoms with E-state index in [0.29, 0.717) is 23.5 Å². The molecule has 0 bridgehead atoms. The number of carbonyl (C=O) groups excluding carboxylic acids is 1. The summed E-state index contributed by atoms with van der Waals surface area (Å²) in [5.41, 5.74) is 5.87. The lowest BCUT2D eigenvalue weighted by Gasteiger charge is -2.39. The SMILES string of the molecule is C#C.CCCC1(C)CCC(NC2=CCCC(C)(C)C2)CC(C)(CN/C(=C/C(C)=C(/C)C#N)CC(C)(C)CC)C1.CCCOC.CCOC(=O)CC#N. The Labute approximate surface area is 321 Å². The largest absolute Gasteiger partial charge is 0.465 e. The van der Waals surface area contributed by atoms with Gasteiger partial charge in [-0.25, -0.2) is 0 Å². The van der Waals surface area contributed by atoms with E-state index in [-0.39, 0.29) is 17.3 Å². The van der Waals surface area contributed by atoms with Crippen molar-refractivity contribution in [3.63, 3.8) is 0 Å². The fraction of sp³-hybridized carbons (Fsp3) is 0.756. The van der Waals surface area contributed by atoms with Gasteiger partial charge in [0.05, 0.1) is 18.7 Å². The standard InChI is InChI=1S/C34H59N3.C5H7NO2.C4H10O.C2H2/c1-11-16-33(9)18-15-29(37-28-14-13-17-32(7,8)20-28)22-34(10,24-33)25-36-30(21-31(5,6)12-2)19-26(3)27(4)23-35;1-2-8-5(7)3-4-6;1-3-4-5-2;1-2/h14,19,29,36-37H,11-13,15-18,20-22,24-25H2,1-10H3;2-3H2,1H3;3-4H2,1-2H3;1-2H/b27-26-,30-19+;;;. The van der Waals surface area contributed by atoms with Crippen molar-refractivity contribution in [1.82, 2.24) is 10.6 Å². The lowest BCUT2D eigenvalue weighted by atomic mass is 9.69. The smallest absolute Gasteiger partial charge is 0.320 e. The van der Waals surface area contributed by atoms with E-state index < -0.39 is 5.97 Å². The molecule has 1 fully saturated rings. The van der Waals surface area contributed by atoms with Crippen molar-refractivity contribution in [3.8, 4) is 25.0 Å². The highest BCUT2D eigenvalue weighted by Gasteiger charge is 2.40. The van der Waals surface area contributed by atoms with E-state index in [4.69, 9.17) is 10.00 Å². The number of hydrogen-bond donors (Lipinski definition) is 2. The monoisotopic (exact) mass is 723 g/mol. The molecule has 0 radical (unpaired) electrons. The number of hydrogen-bond acceptors (Lipinski definition) is 7. The fourth-order valence-electron chi connectivity index (χ4n) is 7.24. The maximum Gasteiger partial charge on any atom is 0.320 e. The van der Waals surface area contributed by atoms with Gasteiger partial charge in [-0.2, -0.15) is 10.5 Å². The molecule has 0 aliphatic heterocycles. The normalized spacial score (nSPS) is 23.0. The fourth-order valence-corrected chi connectivity index (χ4v) is 7.24. The molecule has 2 aliphatic rings. The Bertz CT molecular complexity index is 1230. The third-order valence-corrected chi connectivity index (χ3v) is 10.3. The summed E-state index contributed by atoms with van der Waals surface area (Å²) in [6, 6.07) is 4.55. The zero-order valence-corrected chi connectivity index (χ0v) is 35.8. The van der Waals surface area contributed by atoms with Crippen molar-refractivity contribution in [3.05, 3.63) is 34.7 Å². The number of terminal acetylenes is 1. The van der Waals surface area contributed by atoms with Crippen molar-refractivity contribution in [1.29, 1.82) is 10.5 Å². The first kappa shape index (κ1) is 50.9. The Morgan fingerprint density at radius 2 is 1.71 bits per heavy atom. The predicted octanol–water partition coefficient (Wildman–Crippen LogP) is 11.3. The zero-order chi connectivity index (χ0) is 40.4. The van der Waals surface area contributed by atoms with Gasteiger partial charge in [0, 0.05) is 43.3 Å². The van der Waals surface area contributed by atoms with Crippen LogP contribution >= 0.6 is 0 Å². The number of nitrogens with zero attached hydrogens (tertiary/aromatic N) is 2. The predicted molar refractivity (Wildman–Crippen MR) is 220 cm³/mol. The van der Waals surface area contributed by atoms with Gasteiger partial charge < -0.3 is 20.1 Å². The van der Waals surface area contributed by atoms with Gasteiger partial charge in [-0.15, -0.1) is 12.8 Å². The summed E-state index contributed by atoms with van der Waals surface area (Å²) >= 11 is 0. The van der Waals surface area contributed by atoms with Crippen LogP contribution in [0, 0.1) is 57.2 Å². The molecule has 2 rings (SSSR count). The molecule has 296 valence electrons. The second-order valence-electron chi connectivity index (χ2n) is 17.0. The van der Waals surface area contributed by atoms with E-state index in [1.807, 2.05) is 6.92 Å². The maximum absolute atomic E-state index is 10.2. The van der Waals surface area contributed by atoms with Crippen molar-refractivity contribution in [2.45, 2.75) is 173 Å². The summed E-state index contributed by atoms with van der Waals surface area (Å²) in [5, 5.41) is 25.4. The molecule has 0 aromatic heterocycles. The van der Waals surface area contributed by atoms with Crippen molar-refractivity contribution in [2.24, 2.45) is 21.7 Å². The second kappa shape index (κ2) is 26.5. The van der Waals surface area contributed by atoms with Crippen molar-refractivity contribution < 1.29 is 14.3 Å². The van der Waals surface area contributed by atoms with Gasteiger partial charge in [0.15, 0.2) is 0 Å². The van der Waals surface area contributed by atoms with Gasteiger partial charge in [-0.1, -0.05) is 81.2 Å². The molecule has 3 unspecified atom stereocenters. The van der Waals surface area contributed by atoms with E-state index in [2.05, 4.69) is 116 Å². The number of nitriles is 2. The molecule has 2 aliphatic carbocycles. The van der Waals surface area contributed by atoms with Crippen LogP contribution in [0.25, 0.3) is 0 Å². The van der Waals surface area contributed by atoms with Gasteiger partial charge in [0.2, 0.25) is 0 Å². The van der Waals surface area contributed by atoms with Crippen LogP contribution in [0.5, 0.6) is 0 Å². The van der Waals surface area contributed by atoms with E-state index in [0.717, 1.165) is 43.6 Å². The van der Waals surface area contributed by atoms with Gasteiger partial charge in [0.25, 0.3) is 0 Å². The molecule has 52 heavy (non-hydrogen) atoms. The second-order valence-corrected chi connectivity index (χ2v) is 17.0. The minimum atomic E-state index is -0.449. The third kappa shape index (κ3) is 22.7. The van der Waals surface area contributed by atoms with E-state index in [1.165, 1.54) is 69.2 Å². The average molecular weight is 723 g/mol. The van der Waals surface area contributed by atoms with E-state index >= 15 is 0 Å². The highest BCUT2D eigenvalue weighted by molar-refractivity contribution is 5.71. The van der Waals surface area contributed by atoms with E-state index in [9.17, 15) is 10.1 Å². The molecule has 1 saturated carbocycles. The summed E-state index contributed by atoms with van der Waals surface area (Å²) in [5.74, 6) is -0.449. The molecule has 0 aromatic rings. The topological polar surface area (TPSA) is 107 Å². The van der Waals surface area contributed by atoms with Crippen molar-refractivity contribution >= 4 is 5.97 Å². The molecule has 7 nitrogen and oxygen atoms in total. The summed E-state index contributed by atoms with van der Waals surface area (Å²) in [6.45, 7) is 29.2. The summed E-state index contributed by atoms with van der Waals surface area (Å²) in [4.78, 5) is 10.2. The van der Waals surface area contributed by atoms with E-state index in [1.54, 1.807) is 20.1 Å². The number of ether oxygens (including phenoxy) is 2. The van der Waals surface area contributed by atoms with Crippen LogP contribution in [0.1, 0.15) is 167 Å². The minimum Gasteiger partial charge on any atom is -0.465 e. The van der Waals surface area contributed by atoms with Crippen LogP contribution in [0.3, 0.4) is 0 Å². The van der Waals surface area contributed by atoms with Crippen molar-refractivity contribution in [2.75, 3.05) is 26.9 Å². The highest BCUT2D eigenvalue weighted by atomic mass is 16.5. The van der Waals surface area contributed by atoms with Crippen LogP contribution in [-0.2, 0) is 14.3 Å². The molecular weight excluding hydrogens is 645 g/mol. The van der Waals surface area contributed by atoms with Gasteiger partial charge in [-0.05, 0) is 118 Å². The quantitative estimate of drug-likeness (QED) is 0.0569. The maximum atomic E-state index is 10.2. The lowest BCUT2D eigenvalue weighted by molar-refractivity contribution is -0.141. The number of nitrogens with one attached hydrogen (secondary N) is 2. The summed E-state index contributed by atoms with van der Waals surface area (Å²) in [6.07, 6.45) is 27.1. The Balaban J connectivity index is 0. The van der Waals surface area contributed by atoms with Crippen LogP contribution < -0.4 is 10.6 Å². The van der Waals surface area contributed by atoms with Gasteiger partial charge in [0.1, 0.15) is 6.42 Å². The molecule has 0 amide bonds. The first-order chi connectivity index (χ1) is 24.4. The lowest BCUT2D eigenvalue weighted by Crippen LogP contribution is -2.40. The van der Waals surface area contributed by atoms with Crippen LogP contribution in [0.15, 0.2) is 34.7 Å². The Kier molecular flexibility index (Phi) is 26.0. The Morgan fingerprint density at radius 1 is 1.06 bits per heavy atom. The summed E-state index contributed by atoms with van der Waals surface area (Å²) in [7, 11) is 1.71. The van der Waals surface area contributed by atoms with Crippen LogP contribution in [0.4, 0.5) is 0 Å². The first-order valence-corrected chi connectivity index (χ1v) is 19.7. The number of methoxy groups -OCH3 is 1. The minimum absolute atomic E-state index is 0.145. The molecule has 0 heterocycles. The van der Waals surface area contributed by atoms with Crippen LogP contribution in [0.2, 0.25) is 0 Å². The molecule has 0 saturated heterocycles. The number of allylic oxidation sites excluding steroid dienone is 6. The number of rotatable bonds is 15. The molecular formula is C45H78N4O3. The third-order valence-electron chi connectivity index (χ3n) is 10.3. The molecule has 0 aromatic carbocycles. The molecule has 0 spiro atoms. The molecule has 3 atom stereocenters. The first-order valence-electron chi connectivity index (χ1n) is 19.7.